The van der Waals surface area contributed by atoms with E-state index in [1.165, 1.54) is 22.8 Å². The highest BCUT2D eigenvalue weighted by molar-refractivity contribution is 5.70. The van der Waals surface area contributed by atoms with Crippen molar-refractivity contribution in [3.63, 3.8) is 0 Å². The first-order valence-electron chi connectivity index (χ1n) is 12.0. The monoisotopic (exact) mass is 505 g/mol. The van der Waals surface area contributed by atoms with Crippen LogP contribution in [0.25, 0.3) is 17.1 Å². The summed E-state index contributed by atoms with van der Waals surface area (Å²) in [6.45, 7) is 2.16. The molecule has 0 bridgehead atoms. The first-order chi connectivity index (χ1) is 17.8. The Balaban J connectivity index is 1.48. The van der Waals surface area contributed by atoms with Gasteiger partial charge in [0.2, 0.25) is 0 Å². The maximum atomic E-state index is 13.3. The van der Waals surface area contributed by atoms with Gasteiger partial charge in [0.1, 0.15) is 24.1 Å². The van der Waals surface area contributed by atoms with Crippen molar-refractivity contribution in [1.29, 1.82) is 0 Å². The third-order valence-corrected chi connectivity index (χ3v) is 6.78. The maximum Gasteiger partial charge on any atom is 0.319 e. The van der Waals surface area contributed by atoms with Crippen LogP contribution in [0, 0.1) is 5.82 Å². The average Bonchev–Trinajstić information content (AvgIpc) is 3.46. The lowest BCUT2D eigenvalue weighted by molar-refractivity contribution is -0.0675. The molecule has 0 radical (unpaired) electrons. The molecular formula is C28H28FN3O5. The molecule has 0 saturated carbocycles. The van der Waals surface area contributed by atoms with Crippen molar-refractivity contribution in [2.24, 2.45) is 0 Å². The smallest absolute Gasteiger partial charge is 0.319 e. The number of phenols is 2. The van der Waals surface area contributed by atoms with Crippen molar-refractivity contribution in [3.05, 3.63) is 82.7 Å². The Labute approximate surface area is 213 Å². The van der Waals surface area contributed by atoms with Gasteiger partial charge in [-0.2, -0.15) is 0 Å². The second kappa shape index (κ2) is 10.2. The lowest BCUT2D eigenvalue weighted by atomic mass is 9.91. The number of fused-ring (bicyclic) bond motifs is 1. The summed E-state index contributed by atoms with van der Waals surface area (Å²) in [4.78, 5) is 0. The molecule has 2 unspecified atom stereocenters. The Morgan fingerprint density at radius 2 is 1.73 bits per heavy atom. The normalized spacial score (nSPS) is 15.6. The number of rotatable bonds is 8. The van der Waals surface area contributed by atoms with Crippen LogP contribution in [0.5, 0.6) is 17.5 Å². The SMILES string of the molecule is COCOC1Cc2ccc(-n3c(O)nnc3-c3cc(C(C)Cc4ccc(F)cc4)c(O)cc3O)cc2C1. The molecule has 1 aromatic heterocycles. The summed E-state index contributed by atoms with van der Waals surface area (Å²) in [5.74, 6) is -0.493. The third kappa shape index (κ3) is 5.00. The number of aromatic nitrogens is 3. The van der Waals surface area contributed by atoms with Crippen LogP contribution in [-0.2, 0) is 28.7 Å². The minimum Gasteiger partial charge on any atom is -0.508 e. The molecule has 0 spiro atoms. The molecule has 1 aliphatic carbocycles. The zero-order valence-corrected chi connectivity index (χ0v) is 20.6. The highest BCUT2D eigenvalue weighted by atomic mass is 19.1. The fourth-order valence-electron chi connectivity index (χ4n) is 4.93. The van der Waals surface area contributed by atoms with Crippen molar-refractivity contribution >= 4 is 0 Å². The molecule has 5 rings (SSSR count). The number of nitrogens with zero attached hydrogens (tertiary/aromatic N) is 3. The molecule has 3 N–H and O–H groups in total. The summed E-state index contributed by atoms with van der Waals surface area (Å²) in [5, 5.41) is 39.9. The Morgan fingerprint density at radius 1 is 0.973 bits per heavy atom. The fraction of sp³-hybridized carbons (Fsp3) is 0.286. The molecule has 3 aromatic carbocycles. The number of halogens is 1. The zero-order chi connectivity index (χ0) is 26.1. The fourth-order valence-corrected chi connectivity index (χ4v) is 4.93. The standard InChI is InChI=1S/C28H28FN3O5/c1-16(9-17-3-6-20(29)7-4-17)23-13-24(26(34)14-25(23)33)27-30-31-28(35)32(27)21-8-5-18-11-22(37-15-36-2)12-19(18)10-21/h3-8,10,13-14,16,22,33-34H,9,11-12,15H2,1-2H3,(H,31,35). The average molecular weight is 506 g/mol. The van der Waals surface area contributed by atoms with Crippen LogP contribution in [-0.4, -0.2) is 50.1 Å². The lowest BCUT2D eigenvalue weighted by Crippen LogP contribution is -2.14. The van der Waals surface area contributed by atoms with Crippen molar-refractivity contribution in [3.8, 4) is 34.6 Å². The first kappa shape index (κ1) is 24.7. The van der Waals surface area contributed by atoms with E-state index in [4.69, 9.17) is 9.47 Å². The van der Waals surface area contributed by atoms with Gasteiger partial charge in [0.05, 0.1) is 17.4 Å². The number of aromatic hydroxyl groups is 3. The van der Waals surface area contributed by atoms with E-state index in [2.05, 4.69) is 10.2 Å². The molecule has 0 aliphatic heterocycles. The second-order valence-electron chi connectivity index (χ2n) is 9.38. The maximum absolute atomic E-state index is 13.3. The molecule has 1 heterocycles. The number of benzene rings is 3. The predicted molar refractivity (Wildman–Crippen MR) is 134 cm³/mol. The van der Waals surface area contributed by atoms with Gasteiger partial charge < -0.3 is 24.8 Å². The van der Waals surface area contributed by atoms with Crippen LogP contribution >= 0.6 is 0 Å². The summed E-state index contributed by atoms with van der Waals surface area (Å²) >= 11 is 0. The second-order valence-corrected chi connectivity index (χ2v) is 9.38. The Morgan fingerprint density at radius 3 is 2.49 bits per heavy atom. The van der Waals surface area contributed by atoms with E-state index >= 15 is 0 Å². The topological polar surface area (TPSA) is 110 Å². The van der Waals surface area contributed by atoms with E-state index in [1.54, 1.807) is 25.3 Å². The quantitative estimate of drug-likeness (QED) is 0.300. The summed E-state index contributed by atoms with van der Waals surface area (Å²) in [5.41, 5.74) is 4.68. The number of ether oxygens (including phenoxy) is 2. The van der Waals surface area contributed by atoms with E-state index in [9.17, 15) is 19.7 Å². The summed E-state index contributed by atoms with van der Waals surface area (Å²) in [6, 6.07) is 14.6. The van der Waals surface area contributed by atoms with Crippen LogP contribution in [0.3, 0.4) is 0 Å². The first-order valence-corrected chi connectivity index (χ1v) is 12.0. The molecule has 1 aliphatic rings. The molecular weight excluding hydrogens is 477 g/mol. The number of phenolic OH excluding ortho intramolecular Hbond substituents is 2. The third-order valence-electron chi connectivity index (χ3n) is 6.78. The van der Waals surface area contributed by atoms with Gasteiger partial charge >= 0.3 is 6.01 Å². The zero-order valence-electron chi connectivity index (χ0n) is 20.6. The van der Waals surface area contributed by atoms with E-state index in [1.807, 2.05) is 25.1 Å². The summed E-state index contributed by atoms with van der Waals surface area (Å²) in [7, 11) is 1.59. The molecule has 0 fully saturated rings. The minimum atomic E-state index is -0.325. The highest BCUT2D eigenvalue weighted by Gasteiger charge is 2.25. The van der Waals surface area contributed by atoms with Crippen LogP contribution in [0.2, 0.25) is 0 Å². The highest BCUT2D eigenvalue weighted by Crippen LogP contribution is 2.40. The van der Waals surface area contributed by atoms with Gasteiger partial charge in [-0.25, -0.2) is 8.96 Å². The number of hydrogen-bond donors (Lipinski definition) is 3. The van der Waals surface area contributed by atoms with Gasteiger partial charge in [-0.05, 0) is 77.8 Å². The van der Waals surface area contributed by atoms with Gasteiger partial charge in [-0.15, -0.1) is 5.10 Å². The van der Waals surface area contributed by atoms with E-state index in [0.717, 1.165) is 23.1 Å². The van der Waals surface area contributed by atoms with Gasteiger partial charge in [0.25, 0.3) is 0 Å². The van der Waals surface area contributed by atoms with Gasteiger partial charge in [-0.1, -0.05) is 30.2 Å². The minimum absolute atomic E-state index is 0.0190. The summed E-state index contributed by atoms with van der Waals surface area (Å²) in [6.07, 6.45) is 2.05. The van der Waals surface area contributed by atoms with Crippen molar-refractivity contribution in [2.45, 2.75) is 38.2 Å². The van der Waals surface area contributed by atoms with Crippen LogP contribution in [0.1, 0.15) is 35.1 Å². The van der Waals surface area contributed by atoms with E-state index < -0.39 is 0 Å². The molecule has 8 nitrogen and oxygen atoms in total. The van der Waals surface area contributed by atoms with Crippen LogP contribution in [0.15, 0.2) is 54.6 Å². The van der Waals surface area contributed by atoms with Crippen molar-refractivity contribution < 1.29 is 29.2 Å². The van der Waals surface area contributed by atoms with Crippen LogP contribution in [0.4, 0.5) is 4.39 Å². The molecule has 0 amide bonds. The van der Waals surface area contributed by atoms with E-state index in [-0.39, 0.29) is 48.0 Å². The molecule has 37 heavy (non-hydrogen) atoms. The number of hydrogen-bond acceptors (Lipinski definition) is 7. The largest absolute Gasteiger partial charge is 0.508 e. The predicted octanol–water partition coefficient (Wildman–Crippen LogP) is 4.62. The molecule has 4 aromatic rings. The number of methoxy groups -OCH3 is 1. The lowest BCUT2D eigenvalue weighted by Gasteiger charge is -2.17. The van der Waals surface area contributed by atoms with Gasteiger partial charge in [0, 0.05) is 13.2 Å². The van der Waals surface area contributed by atoms with Gasteiger partial charge in [-0.3, -0.25) is 0 Å². The van der Waals surface area contributed by atoms with Crippen molar-refractivity contribution in [1.82, 2.24) is 14.8 Å². The molecule has 2 atom stereocenters. The summed E-state index contributed by atoms with van der Waals surface area (Å²) < 4.78 is 25.5. The Bertz CT molecular complexity index is 1420. The Hall–Kier alpha value is -3.95. The molecule has 192 valence electrons. The van der Waals surface area contributed by atoms with Crippen LogP contribution < -0.4 is 0 Å². The molecule has 0 saturated heterocycles. The molecule has 9 heteroatoms. The Kier molecular flexibility index (Phi) is 6.82. The van der Waals surface area contributed by atoms with E-state index in [0.29, 0.717) is 29.7 Å². The van der Waals surface area contributed by atoms with Gasteiger partial charge in [0.15, 0.2) is 5.82 Å². The van der Waals surface area contributed by atoms with Crippen molar-refractivity contribution in [2.75, 3.05) is 13.9 Å².